The van der Waals surface area contributed by atoms with Crippen LogP contribution in [0.1, 0.15) is 46.0 Å². The molecule has 0 unspecified atom stereocenters. The van der Waals surface area contributed by atoms with E-state index < -0.39 is 10.0 Å². The van der Waals surface area contributed by atoms with Gasteiger partial charge in [-0.05, 0) is 26.7 Å². The maximum atomic E-state index is 12.4. The highest BCUT2D eigenvalue weighted by atomic mass is 32.2. The van der Waals surface area contributed by atoms with Gasteiger partial charge in [0.15, 0.2) is 5.96 Å². The van der Waals surface area contributed by atoms with Gasteiger partial charge in [-0.25, -0.2) is 8.42 Å². The Labute approximate surface area is 175 Å². The number of guanidine groups is 1. The third-order valence-electron chi connectivity index (χ3n) is 5.31. The number of carbonyl (C=O) groups is 1. The van der Waals surface area contributed by atoms with E-state index in [0.717, 1.165) is 12.8 Å². The molecule has 29 heavy (non-hydrogen) atoms. The monoisotopic (exact) mass is 431 g/mol. The van der Waals surface area contributed by atoms with Crippen molar-refractivity contribution in [2.24, 2.45) is 4.99 Å². The number of carbonyl (C=O) groups excluding carboxylic acids is 1. The largest absolute Gasteiger partial charge is 0.378 e. The second kappa shape index (κ2) is 11.7. The molecule has 0 bridgehead atoms. The molecule has 2 N–H and O–H groups in total. The fourth-order valence-electron chi connectivity index (χ4n) is 3.71. The highest BCUT2D eigenvalue weighted by molar-refractivity contribution is 7.89. The molecule has 9 nitrogen and oxygen atoms in total. The van der Waals surface area contributed by atoms with Crippen molar-refractivity contribution >= 4 is 21.9 Å². The Kier molecular flexibility index (Phi) is 9.64. The number of aliphatic imine (C=N–C) groups is 1. The van der Waals surface area contributed by atoms with Gasteiger partial charge in [-0.15, -0.1) is 0 Å². The number of nitrogens with zero attached hydrogens (tertiary/aromatic N) is 3. The van der Waals surface area contributed by atoms with Gasteiger partial charge in [-0.2, -0.15) is 4.31 Å². The second-order valence-electron chi connectivity index (χ2n) is 7.92. The van der Waals surface area contributed by atoms with E-state index in [0.29, 0.717) is 32.1 Å². The molecule has 2 rings (SSSR count). The standard InChI is InChI=1S/C19H37N5O4S/c1-16(2)28-13-14-29(26,27)24-11-9-23(10-12-24)19(20-3)21-15-18(25)22-17-7-5-4-6-8-17/h16-17H,4-15H2,1-3H3,(H,20,21)(H,22,25). The van der Waals surface area contributed by atoms with Crippen molar-refractivity contribution in [3.8, 4) is 0 Å². The molecule has 1 aliphatic heterocycles. The normalized spacial score (nSPS) is 20.1. The van der Waals surface area contributed by atoms with Gasteiger partial charge >= 0.3 is 0 Å². The van der Waals surface area contributed by atoms with Gasteiger partial charge in [-0.3, -0.25) is 9.79 Å². The molecule has 1 saturated heterocycles. The molecule has 0 aromatic heterocycles. The van der Waals surface area contributed by atoms with Crippen LogP contribution in [0, 0.1) is 0 Å². The summed E-state index contributed by atoms with van der Waals surface area (Å²) in [6.45, 7) is 6.03. The topological polar surface area (TPSA) is 103 Å². The summed E-state index contributed by atoms with van der Waals surface area (Å²) in [6, 6.07) is 0.286. The number of amides is 1. The molecule has 1 heterocycles. The SMILES string of the molecule is CN=C(NCC(=O)NC1CCCCC1)N1CCN(S(=O)(=O)CCOC(C)C)CC1. The third-order valence-corrected chi connectivity index (χ3v) is 7.15. The van der Waals surface area contributed by atoms with Gasteiger partial charge in [0.2, 0.25) is 15.9 Å². The predicted octanol–water partition coefficient (Wildman–Crippen LogP) is 0.383. The maximum absolute atomic E-state index is 12.4. The lowest BCUT2D eigenvalue weighted by molar-refractivity contribution is -0.120. The smallest absolute Gasteiger partial charge is 0.239 e. The molecule has 0 spiro atoms. The van der Waals surface area contributed by atoms with Crippen LogP contribution in [0.3, 0.4) is 0 Å². The van der Waals surface area contributed by atoms with Crippen LogP contribution in [-0.4, -0.2) is 93.8 Å². The zero-order chi connectivity index (χ0) is 21.3. The number of hydrogen-bond donors (Lipinski definition) is 2. The van der Waals surface area contributed by atoms with Gasteiger partial charge in [0.05, 0.1) is 25.0 Å². The molecule has 2 fully saturated rings. The molecule has 10 heteroatoms. The Hall–Kier alpha value is -1.39. The van der Waals surface area contributed by atoms with E-state index in [1.165, 1.54) is 23.6 Å². The first-order valence-corrected chi connectivity index (χ1v) is 12.3. The van der Waals surface area contributed by atoms with Crippen molar-refractivity contribution < 1.29 is 17.9 Å². The average molecular weight is 432 g/mol. The van der Waals surface area contributed by atoms with Crippen LogP contribution in [0.5, 0.6) is 0 Å². The lowest BCUT2D eigenvalue weighted by atomic mass is 9.95. The first-order chi connectivity index (χ1) is 13.8. The minimum atomic E-state index is -3.32. The molecule has 0 atom stereocenters. The van der Waals surface area contributed by atoms with E-state index in [4.69, 9.17) is 4.74 Å². The minimum Gasteiger partial charge on any atom is -0.378 e. The lowest BCUT2D eigenvalue weighted by Crippen LogP contribution is -2.55. The van der Waals surface area contributed by atoms with E-state index >= 15 is 0 Å². The zero-order valence-corrected chi connectivity index (χ0v) is 18.8. The number of ether oxygens (including phenoxy) is 1. The van der Waals surface area contributed by atoms with Crippen LogP contribution >= 0.6 is 0 Å². The molecule has 0 aromatic rings. The molecular weight excluding hydrogens is 394 g/mol. The number of rotatable bonds is 8. The Morgan fingerprint density at radius 1 is 1.14 bits per heavy atom. The fraction of sp³-hybridized carbons (Fsp3) is 0.895. The summed E-state index contributed by atoms with van der Waals surface area (Å²) in [5, 5.41) is 6.19. The molecule has 2 aliphatic rings. The molecule has 1 saturated carbocycles. The summed E-state index contributed by atoms with van der Waals surface area (Å²) < 4.78 is 31.8. The first-order valence-electron chi connectivity index (χ1n) is 10.7. The van der Waals surface area contributed by atoms with Crippen molar-refractivity contribution in [2.45, 2.75) is 58.1 Å². The van der Waals surface area contributed by atoms with E-state index in [1.807, 2.05) is 18.7 Å². The highest BCUT2D eigenvalue weighted by Gasteiger charge is 2.28. The molecule has 1 amide bonds. The van der Waals surface area contributed by atoms with Gasteiger partial charge in [0, 0.05) is 39.3 Å². The molecule has 168 valence electrons. The highest BCUT2D eigenvalue weighted by Crippen LogP contribution is 2.17. The summed E-state index contributed by atoms with van der Waals surface area (Å²) in [5.74, 6) is 0.604. The van der Waals surface area contributed by atoms with E-state index in [-0.39, 0.29) is 37.0 Å². The van der Waals surface area contributed by atoms with Crippen LogP contribution in [0.15, 0.2) is 4.99 Å². The van der Waals surface area contributed by atoms with Crippen molar-refractivity contribution in [1.29, 1.82) is 0 Å². The summed E-state index contributed by atoms with van der Waals surface area (Å²) in [5.41, 5.74) is 0. The molecular formula is C19H37N5O4S. The predicted molar refractivity (Wildman–Crippen MR) is 114 cm³/mol. The van der Waals surface area contributed by atoms with Crippen LogP contribution in [0.25, 0.3) is 0 Å². The van der Waals surface area contributed by atoms with E-state index in [2.05, 4.69) is 15.6 Å². The Morgan fingerprint density at radius 2 is 1.79 bits per heavy atom. The van der Waals surface area contributed by atoms with Crippen molar-refractivity contribution in [3.63, 3.8) is 0 Å². The van der Waals surface area contributed by atoms with Crippen LogP contribution in [0.4, 0.5) is 0 Å². The average Bonchev–Trinajstić information content (AvgIpc) is 2.69. The van der Waals surface area contributed by atoms with Crippen molar-refractivity contribution in [2.75, 3.05) is 52.1 Å². The maximum Gasteiger partial charge on any atom is 0.239 e. The molecule has 0 aromatic carbocycles. The van der Waals surface area contributed by atoms with Crippen LogP contribution in [-0.2, 0) is 19.6 Å². The third kappa shape index (κ3) is 8.10. The molecule has 1 aliphatic carbocycles. The Morgan fingerprint density at radius 3 is 2.38 bits per heavy atom. The zero-order valence-electron chi connectivity index (χ0n) is 18.0. The quantitative estimate of drug-likeness (QED) is 0.426. The number of piperazine rings is 1. The summed E-state index contributed by atoms with van der Waals surface area (Å²) >= 11 is 0. The summed E-state index contributed by atoms with van der Waals surface area (Å²) in [7, 11) is -1.65. The van der Waals surface area contributed by atoms with Gasteiger partial charge < -0.3 is 20.3 Å². The van der Waals surface area contributed by atoms with E-state index in [1.54, 1.807) is 7.05 Å². The number of nitrogens with one attached hydrogen (secondary N) is 2. The summed E-state index contributed by atoms with van der Waals surface area (Å²) in [6.07, 6.45) is 5.74. The Balaban J connectivity index is 1.74. The van der Waals surface area contributed by atoms with Gasteiger partial charge in [-0.1, -0.05) is 19.3 Å². The number of hydrogen-bond acceptors (Lipinski definition) is 5. The van der Waals surface area contributed by atoms with Crippen LogP contribution in [0.2, 0.25) is 0 Å². The second-order valence-corrected chi connectivity index (χ2v) is 10.0. The summed E-state index contributed by atoms with van der Waals surface area (Å²) in [4.78, 5) is 18.4. The number of sulfonamides is 1. The lowest BCUT2D eigenvalue weighted by Gasteiger charge is -2.35. The minimum absolute atomic E-state index is 0.000504. The van der Waals surface area contributed by atoms with Gasteiger partial charge in [0.25, 0.3) is 0 Å². The van der Waals surface area contributed by atoms with Crippen molar-refractivity contribution in [3.05, 3.63) is 0 Å². The Bertz CT molecular complexity index is 639. The van der Waals surface area contributed by atoms with E-state index in [9.17, 15) is 13.2 Å². The van der Waals surface area contributed by atoms with Crippen LogP contribution < -0.4 is 10.6 Å². The first kappa shape index (κ1) is 23.9. The fourth-order valence-corrected chi connectivity index (χ4v) is 5.00. The van der Waals surface area contributed by atoms with Crippen molar-refractivity contribution in [1.82, 2.24) is 19.8 Å². The molecule has 0 radical (unpaired) electrons. The van der Waals surface area contributed by atoms with Gasteiger partial charge in [0.1, 0.15) is 0 Å².